The monoisotopic (exact) mass is 322 g/mol. The number of rotatable bonds is 6. The molecule has 0 saturated heterocycles. The van der Waals surface area contributed by atoms with Crippen molar-refractivity contribution in [1.29, 1.82) is 0 Å². The van der Waals surface area contributed by atoms with Crippen LogP contribution in [0.25, 0.3) is 0 Å². The number of hydrogen-bond acceptors (Lipinski definition) is 3. The number of fused-ring (bicyclic) bond motifs is 1. The van der Waals surface area contributed by atoms with Gasteiger partial charge < -0.3 is 15.3 Å². The maximum absolute atomic E-state index is 9.85. The Hall–Kier alpha value is -0.640. The van der Waals surface area contributed by atoms with Crippen molar-refractivity contribution in [3.05, 3.63) is 23.3 Å². The van der Waals surface area contributed by atoms with E-state index in [2.05, 4.69) is 26.8 Å². The highest BCUT2D eigenvalue weighted by Crippen LogP contribution is 2.60. The molecule has 3 unspecified atom stereocenters. The lowest BCUT2D eigenvalue weighted by Gasteiger charge is -2.57. The molecule has 23 heavy (non-hydrogen) atoms. The molecule has 0 radical (unpaired) electrons. The molecule has 0 aromatic heterocycles. The van der Waals surface area contributed by atoms with E-state index >= 15 is 0 Å². The molecule has 3 heteroatoms. The highest BCUT2D eigenvalue weighted by atomic mass is 16.3. The molecular formula is C20H34O3. The van der Waals surface area contributed by atoms with Crippen molar-refractivity contribution in [1.82, 2.24) is 0 Å². The van der Waals surface area contributed by atoms with Gasteiger partial charge in [-0.25, -0.2) is 0 Å². The third-order valence-electron chi connectivity index (χ3n) is 6.66. The van der Waals surface area contributed by atoms with Crippen molar-refractivity contribution in [2.75, 3.05) is 19.8 Å². The van der Waals surface area contributed by atoms with Gasteiger partial charge in [-0.1, -0.05) is 39.3 Å². The zero-order chi connectivity index (χ0) is 17.1. The van der Waals surface area contributed by atoms with E-state index in [0.717, 1.165) is 24.8 Å². The molecule has 0 aromatic carbocycles. The molecule has 0 aromatic rings. The summed E-state index contributed by atoms with van der Waals surface area (Å²) in [7, 11) is 0. The Bertz CT molecular complexity index is 464. The number of hydrogen-bond donors (Lipinski definition) is 3. The van der Waals surface area contributed by atoms with Gasteiger partial charge >= 0.3 is 0 Å². The van der Waals surface area contributed by atoms with E-state index in [1.165, 1.54) is 24.8 Å². The van der Waals surface area contributed by atoms with E-state index in [9.17, 15) is 10.2 Å². The van der Waals surface area contributed by atoms with Crippen molar-refractivity contribution >= 4 is 0 Å². The first kappa shape index (κ1) is 18.7. The lowest BCUT2D eigenvalue weighted by atomic mass is 9.48. The molecule has 1 saturated carbocycles. The Morgan fingerprint density at radius 3 is 2.57 bits per heavy atom. The molecule has 0 amide bonds. The van der Waals surface area contributed by atoms with E-state index in [4.69, 9.17) is 5.11 Å². The smallest absolute Gasteiger partial charge is 0.0644 e. The Kier molecular flexibility index (Phi) is 6.10. The summed E-state index contributed by atoms with van der Waals surface area (Å²) in [4.78, 5) is 0. The van der Waals surface area contributed by atoms with Gasteiger partial charge in [0.25, 0.3) is 0 Å². The summed E-state index contributed by atoms with van der Waals surface area (Å²) in [6.45, 7) is 7.35. The van der Waals surface area contributed by atoms with Crippen LogP contribution in [-0.4, -0.2) is 35.1 Å². The van der Waals surface area contributed by atoms with Crippen LogP contribution in [0.3, 0.4) is 0 Å². The highest BCUT2D eigenvalue weighted by molar-refractivity contribution is 5.21. The van der Waals surface area contributed by atoms with Crippen LogP contribution < -0.4 is 0 Å². The number of allylic oxidation sites excluding steroid dienone is 1. The van der Waals surface area contributed by atoms with Crippen molar-refractivity contribution in [3.8, 4) is 0 Å². The number of aliphatic hydroxyl groups excluding tert-OH is 3. The average molecular weight is 322 g/mol. The van der Waals surface area contributed by atoms with Gasteiger partial charge in [0.05, 0.1) is 19.8 Å². The van der Waals surface area contributed by atoms with Crippen LogP contribution in [0.5, 0.6) is 0 Å². The molecule has 2 rings (SSSR count). The first-order chi connectivity index (χ1) is 10.9. The summed E-state index contributed by atoms with van der Waals surface area (Å²) in [5.74, 6) is 1.03. The lowest BCUT2D eigenvalue weighted by molar-refractivity contribution is -0.0421. The molecule has 0 bridgehead atoms. The van der Waals surface area contributed by atoms with E-state index < -0.39 is 0 Å². The van der Waals surface area contributed by atoms with Crippen LogP contribution >= 0.6 is 0 Å². The molecule has 3 N–H and O–H groups in total. The fourth-order valence-electron chi connectivity index (χ4n) is 5.40. The van der Waals surface area contributed by atoms with Gasteiger partial charge in [-0.2, -0.15) is 0 Å². The predicted octanol–water partition coefficient (Wildman–Crippen LogP) is 3.45. The third-order valence-corrected chi connectivity index (χ3v) is 6.66. The Labute approximate surface area is 141 Å². The average Bonchev–Trinajstić information content (AvgIpc) is 2.50. The van der Waals surface area contributed by atoms with E-state index in [0.29, 0.717) is 17.3 Å². The zero-order valence-electron chi connectivity index (χ0n) is 15.0. The van der Waals surface area contributed by atoms with Gasteiger partial charge in [-0.05, 0) is 65.9 Å². The fraction of sp³-hybridized carbons (Fsp3) is 0.800. The Balaban J connectivity index is 2.24. The van der Waals surface area contributed by atoms with Gasteiger partial charge in [-0.15, -0.1) is 0 Å². The minimum Gasteiger partial charge on any atom is -0.392 e. The summed E-state index contributed by atoms with van der Waals surface area (Å²) in [6, 6.07) is 0. The molecule has 1 fully saturated rings. The van der Waals surface area contributed by atoms with Crippen LogP contribution in [0.15, 0.2) is 23.3 Å². The summed E-state index contributed by atoms with van der Waals surface area (Å²) < 4.78 is 0. The number of aliphatic hydroxyl groups is 3. The van der Waals surface area contributed by atoms with Crippen molar-refractivity contribution in [2.24, 2.45) is 22.7 Å². The fourth-order valence-corrected chi connectivity index (χ4v) is 5.40. The van der Waals surface area contributed by atoms with E-state index in [1.807, 2.05) is 0 Å². The summed E-state index contributed by atoms with van der Waals surface area (Å²) in [5, 5.41) is 28.4. The third kappa shape index (κ3) is 3.72. The minimum absolute atomic E-state index is 0.0110. The molecule has 3 atom stereocenters. The zero-order valence-corrected chi connectivity index (χ0v) is 15.0. The van der Waals surface area contributed by atoms with Crippen LogP contribution in [0.2, 0.25) is 0 Å². The van der Waals surface area contributed by atoms with Gasteiger partial charge in [0, 0.05) is 0 Å². The van der Waals surface area contributed by atoms with Crippen LogP contribution in [0.4, 0.5) is 0 Å². The van der Waals surface area contributed by atoms with Crippen LogP contribution in [0, 0.1) is 22.7 Å². The Morgan fingerprint density at radius 2 is 1.96 bits per heavy atom. The van der Waals surface area contributed by atoms with Crippen molar-refractivity contribution in [2.45, 2.75) is 59.3 Å². The Morgan fingerprint density at radius 1 is 1.22 bits per heavy atom. The van der Waals surface area contributed by atoms with Crippen LogP contribution in [0.1, 0.15) is 59.3 Å². The van der Waals surface area contributed by atoms with E-state index in [1.54, 1.807) is 6.08 Å². The van der Waals surface area contributed by atoms with Gasteiger partial charge in [-0.3, -0.25) is 0 Å². The van der Waals surface area contributed by atoms with Gasteiger partial charge in [0.1, 0.15) is 0 Å². The topological polar surface area (TPSA) is 60.7 Å². The van der Waals surface area contributed by atoms with Crippen molar-refractivity contribution < 1.29 is 15.3 Å². The second kappa shape index (κ2) is 7.50. The second-order valence-electron chi connectivity index (χ2n) is 8.37. The molecule has 2 aliphatic rings. The largest absolute Gasteiger partial charge is 0.392 e. The highest BCUT2D eigenvalue weighted by Gasteiger charge is 2.51. The first-order valence-electron chi connectivity index (χ1n) is 9.08. The molecule has 0 heterocycles. The van der Waals surface area contributed by atoms with Gasteiger partial charge in [0.15, 0.2) is 0 Å². The molecule has 3 nitrogen and oxygen atoms in total. The maximum atomic E-state index is 9.85. The standard InChI is InChI=1S/C20H34O3/c1-19(2)10-4-11-20(3)17(7-5-15(13-22)9-12-21)16(14-23)6-8-18(19)20/h6,9,17-18,21-23H,4-5,7-8,10-14H2,1-3H3. The lowest BCUT2D eigenvalue weighted by Crippen LogP contribution is -2.49. The van der Waals surface area contributed by atoms with Crippen molar-refractivity contribution in [3.63, 3.8) is 0 Å². The van der Waals surface area contributed by atoms with Crippen LogP contribution in [-0.2, 0) is 0 Å². The molecule has 0 aliphatic heterocycles. The summed E-state index contributed by atoms with van der Waals surface area (Å²) in [6.07, 6.45) is 10.6. The molecule has 132 valence electrons. The molecular weight excluding hydrogens is 288 g/mol. The minimum atomic E-state index is -0.0177. The first-order valence-corrected chi connectivity index (χ1v) is 9.08. The summed E-state index contributed by atoms with van der Waals surface area (Å²) >= 11 is 0. The molecule has 0 spiro atoms. The normalized spacial score (nSPS) is 34.0. The quantitative estimate of drug-likeness (QED) is 0.656. The van der Waals surface area contributed by atoms with Gasteiger partial charge in [0.2, 0.25) is 0 Å². The van der Waals surface area contributed by atoms with E-state index in [-0.39, 0.29) is 25.2 Å². The SMILES string of the molecule is CC1(C)CCCC2(C)C(CCC(=CCO)CO)C(CO)=CCC12. The second-order valence-corrected chi connectivity index (χ2v) is 8.37. The predicted molar refractivity (Wildman–Crippen MR) is 94.0 cm³/mol. The molecule has 2 aliphatic carbocycles. The summed E-state index contributed by atoms with van der Waals surface area (Å²) in [5.41, 5.74) is 2.67. The maximum Gasteiger partial charge on any atom is 0.0644 e.